The van der Waals surface area contributed by atoms with Crippen LogP contribution in [-0.4, -0.2) is 18.9 Å². The number of hydrogen-bond acceptors (Lipinski definition) is 4. The van der Waals surface area contributed by atoms with Gasteiger partial charge in [0.2, 0.25) is 0 Å². The maximum Gasteiger partial charge on any atom is 0.141 e. The predicted octanol–water partition coefficient (Wildman–Crippen LogP) is 5.00. The van der Waals surface area contributed by atoms with Crippen LogP contribution in [0, 0.1) is 5.82 Å². The zero-order valence-corrected chi connectivity index (χ0v) is 17.5. The fourth-order valence-corrected chi connectivity index (χ4v) is 6.33. The molecule has 0 bridgehead atoms. The maximum absolute atomic E-state index is 13.2. The molecule has 4 nitrogen and oxygen atoms in total. The minimum absolute atomic E-state index is 0.178. The summed E-state index contributed by atoms with van der Waals surface area (Å²) in [6.07, 6.45) is 5.93. The van der Waals surface area contributed by atoms with E-state index < -0.39 is 0 Å². The fourth-order valence-electron chi connectivity index (χ4n) is 3.39. The molecular weight excluding hydrogens is 462 g/mol. The average Bonchev–Trinajstić information content (AvgIpc) is 3.04. The topological polar surface area (TPSA) is 48.8 Å². The first-order valence-electron chi connectivity index (χ1n) is 9.06. The summed E-state index contributed by atoms with van der Waals surface area (Å²) in [4.78, 5) is 6.37. The van der Waals surface area contributed by atoms with Gasteiger partial charge in [0.05, 0.1) is 5.56 Å². The van der Waals surface area contributed by atoms with Gasteiger partial charge in [0.1, 0.15) is 38.0 Å². The molecular formula is C19H22FIN4S. The average molecular weight is 484 g/mol. The number of aryl methyl sites for hydroxylation is 1. The van der Waals surface area contributed by atoms with Crippen LogP contribution in [0.1, 0.15) is 40.8 Å². The standard InChI is InChI=1S/C19H22FIN4S/c20-14-6-3-5-13(11-14)12-22-9-4-10-23-18-17-15-7-1-2-8-16(15)26-19(17)25-21-24-18/h3,5-6,11,22H,1-2,4,7-10,12H2,(H,23,24,25). The van der Waals surface area contributed by atoms with Crippen molar-refractivity contribution in [2.75, 3.05) is 13.1 Å². The number of nitrogens with one attached hydrogen (secondary N) is 2. The summed E-state index contributed by atoms with van der Waals surface area (Å²) >= 11 is 1.52. The lowest BCUT2D eigenvalue weighted by atomic mass is 9.95. The van der Waals surface area contributed by atoms with Gasteiger partial charge in [-0.25, -0.2) is 4.39 Å². The van der Waals surface area contributed by atoms with Crippen LogP contribution < -0.4 is 8.85 Å². The molecule has 2 N–H and O–H groups in total. The van der Waals surface area contributed by atoms with Gasteiger partial charge in [0, 0.05) is 18.0 Å². The molecule has 0 fully saturated rings. The van der Waals surface area contributed by atoms with Crippen molar-refractivity contribution in [1.82, 2.24) is 8.85 Å². The van der Waals surface area contributed by atoms with Gasteiger partial charge in [0.15, 0.2) is 0 Å². The van der Waals surface area contributed by atoms with E-state index in [1.165, 1.54) is 52.8 Å². The Morgan fingerprint density at radius 3 is 3.15 bits per heavy atom. The summed E-state index contributed by atoms with van der Waals surface area (Å²) < 4.78 is 21.4. The highest BCUT2D eigenvalue weighted by atomic mass is 127. The number of aliphatic imine (C=N–C) groups is 1. The summed E-state index contributed by atoms with van der Waals surface area (Å²) in [5, 5.41) is 4.58. The molecule has 1 aliphatic carbocycles. The second-order valence-corrected chi connectivity index (χ2v) is 9.13. The molecule has 0 spiro atoms. The zero-order chi connectivity index (χ0) is 17.8. The van der Waals surface area contributed by atoms with E-state index in [2.05, 4.69) is 8.85 Å². The first-order chi connectivity index (χ1) is 12.8. The number of benzene rings is 1. The molecule has 4 rings (SSSR count). The van der Waals surface area contributed by atoms with Crippen molar-refractivity contribution in [3.8, 4) is 0 Å². The van der Waals surface area contributed by atoms with Crippen LogP contribution in [0.4, 0.5) is 9.39 Å². The van der Waals surface area contributed by atoms with Crippen molar-refractivity contribution in [2.24, 2.45) is 8.14 Å². The first-order valence-corrected chi connectivity index (χ1v) is 11.9. The Morgan fingerprint density at radius 1 is 1.31 bits per heavy atom. The summed E-state index contributed by atoms with van der Waals surface area (Å²) in [6.45, 7) is 2.37. The minimum atomic E-state index is -0.364. The molecule has 0 unspecified atom stereocenters. The van der Waals surface area contributed by atoms with Crippen molar-refractivity contribution < 1.29 is 4.39 Å². The van der Waals surface area contributed by atoms with E-state index >= 15 is 0 Å². The number of thiophene rings is 1. The van der Waals surface area contributed by atoms with Crippen molar-refractivity contribution in [3.05, 3.63) is 51.7 Å². The Bertz CT molecular complexity index is 846. The monoisotopic (exact) mass is 484 g/mol. The van der Waals surface area contributed by atoms with Gasteiger partial charge >= 0.3 is 0 Å². The fraction of sp³-hybridized carbons (Fsp3) is 0.421. The van der Waals surface area contributed by atoms with E-state index in [9.17, 15) is 4.39 Å². The smallest absolute Gasteiger partial charge is 0.141 e. The van der Waals surface area contributed by atoms with Crippen molar-refractivity contribution >= 4 is 43.5 Å². The molecule has 26 heavy (non-hydrogen) atoms. The normalized spacial score (nSPS) is 17.3. The van der Waals surface area contributed by atoms with Gasteiger partial charge in [-0.2, -0.15) is 3.15 Å². The third-order valence-electron chi connectivity index (χ3n) is 4.64. The number of fused-ring (bicyclic) bond motifs is 3. The lowest BCUT2D eigenvalue weighted by molar-refractivity contribution is 0.617. The van der Waals surface area contributed by atoms with Gasteiger partial charge in [-0.05, 0) is 61.9 Å². The number of amidine groups is 1. The molecule has 0 saturated carbocycles. The van der Waals surface area contributed by atoms with Crippen LogP contribution in [-0.2, 0) is 19.4 Å². The summed E-state index contributed by atoms with van der Waals surface area (Å²) in [5.74, 6) is 0.898. The molecule has 0 atom stereocenters. The zero-order valence-electron chi connectivity index (χ0n) is 14.5. The lowest BCUT2D eigenvalue weighted by Gasteiger charge is -2.15. The Labute approximate surface area is 167 Å². The third-order valence-corrected chi connectivity index (χ3v) is 7.63. The molecule has 2 heterocycles. The Kier molecular flexibility index (Phi) is 6.06. The van der Waals surface area contributed by atoms with E-state index in [0.29, 0.717) is 6.54 Å². The quantitative estimate of drug-likeness (QED) is 0.345. The maximum atomic E-state index is 13.2. The first kappa shape index (κ1) is 18.2. The summed E-state index contributed by atoms with van der Waals surface area (Å²) in [7, 11) is 0. The van der Waals surface area contributed by atoms with Crippen LogP contribution in [0.5, 0.6) is 0 Å². The highest BCUT2D eigenvalue weighted by molar-refractivity contribution is 14.1. The third kappa shape index (κ3) is 4.20. The molecule has 7 heteroatoms. The number of hydrogen-bond donors (Lipinski definition) is 2. The summed E-state index contributed by atoms with van der Waals surface area (Å²) in [5.41, 5.74) is 3.77. The molecule has 0 saturated heterocycles. The van der Waals surface area contributed by atoms with Gasteiger partial charge < -0.3 is 8.85 Å². The van der Waals surface area contributed by atoms with Gasteiger partial charge in [-0.1, -0.05) is 12.1 Å². The van der Waals surface area contributed by atoms with E-state index in [4.69, 9.17) is 8.14 Å². The Balaban J connectivity index is 1.31. The molecule has 1 aromatic heterocycles. The molecule has 2 aliphatic rings. The number of rotatable bonds is 6. The van der Waals surface area contributed by atoms with Gasteiger partial charge in [-0.15, -0.1) is 11.3 Å². The van der Waals surface area contributed by atoms with Crippen LogP contribution >= 0.6 is 32.6 Å². The Hall–Kier alpha value is -1.19. The minimum Gasteiger partial charge on any atom is -0.313 e. The SMILES string of the molecule is Fc1cccc(CNCCCN=C2NI=Nc3sc4c(c32)CCCC4)c1. The van der Waals surface area contributed by atoms with Crippen molar-refractivity contribution in [3.63, 3.8) is 0 Å². The highest BCUT2D eigenvalue weighted by Crippen LogP contribution is 2.43. The second-order valence-electron chi connectivity index (χ2n) is 6.55. The van der Waals surface area contributed by atoms with Crippen LogP contribution in [0.25, 0.3) is 0 Å². The van der Waals surface area contributed by atoms with E-state index in [1.807, 2.05) is 17.4 Å². The molecule has 1 aliphatic heterocycles. The van der Waals surface area contributed by atoms with Gasteiger partial charge in [0.25, 0.3) is 0 Å². The molecule has 2 aromatic rings. The van der Waals surface area contributed by atoms with Gasteiger partial charge in [-0.3, -0.25) is 4.99 Å². The second kappa shape index (κ2) is 8.67. The number of nitrogens with zero attached hydrogens (tertiary/aromatic N) is 2. The highest BCUT2D eigenvalue weighted by Gasteiger charge is 2.25. The van der Waals surface area contributed by atoms with Crippen LogP contribution in [0.2, 0.25) is 0 Å². The summed E-state index contributed by atoms with van der Waals surface area (Å²) in [6, 6.07) is 6.74. The molecule has 0 amide bonds. The predicted molar refractivity (Wildman–Crippen MR) is 114 cm³/mol. The largest absolute Gasteiger partial charge is 0.313 e. The van der Waals surface area contributed by atoms with Crippen molar-refractivity contribution in [2.45, 2.75) is 38.6 Å². The van der Waals surface area contributed by atoms with E-state index in [1.54, 1.807) is 12.1 Å². The number of halogens is 2. The molecule has 138 valence electrons. The van der Waals surface area contributed by atoms with E-state index in [0.717, 1.165) is 30.9 Å². The van der Waals surface area contributed by atoms with Crippen LogP contribution in [0.15, 0.2) is 32.4 Å². The van der Waals surface area contributed by atoms with Crippen LogP contribution in [0.3, 0.4) is 0 Å². The molecule has 0 radical (unpaired) electrons. The molecule has 1 aromatic carbocycles. The lowest BCUT2D eigenvalue weighted by Crippen LogP contribution is -2.20. The van der Waals surface area contributed by atoms with Crippen molar-refractivity contribution in [1.29, 1.82) is 0 Å². The Morgan fingerprint density at radius 2 is 2.23 bits per heavy atom. The van der Waals surface area contributed by atoms with E-state index in [-0.39, 0.29) is 27.1 Å².